The van der Waals surface area contributed by atoms with Crippen molar-refractivity contribution in [2.75, 3.05) is 12.4 Å². The lowest BCUT2D eigenvalue weighted by atomic mass is 10.0. The Morgan fingerprint density at radius 3 is 2.41 bits per heavy atom. The predicted octanol–water partition coefficient (Wildman–Crippen LogP) is 4.62. The highest BCUT2D eigenvalue weighted by Gasteiger charge is 2.13. The number of oxime groups is 1. The maximum atomic E-state index is 12.7. The second kappa shape index (κ2) is 7.91. The lowest BCUT2D eigenvalue weighted by molar-refractivity contribution is 0.102. The summed E-state index contributed by atoms with van der Waals surface area (Å²) in [6, 6.07) is 15.8. The number of para-hydroxylation sites is 1. The van der Waals surface area contributed by atoms with Crippen LogP contribution in [-0.4, -0.2) is 23.3 Å². The molecule has 0 aliphatic heterocycles. The van der Waals surface area contributed by atoms with Crippen LogP contribution in [0.15, 0.2) is 66.1 Å². The monoisotopic (exact) mass is 361 g/mol. The Labute approximate surface area is 159 Å². The molecule has 0 bridgehead atoms. The van der Waals surface area contributed by atoms with Crippen LogP contribution in [0.25, 0.3) is 11.1 Å². The van der Waals surface area contributed by atoms with Gasteiger partial charge in [-0.3, -0.25) is 4.79 Å². The van der Waals surface area contributed by atoms with Gasteiger partial charge in [-0.15, -0.1) is 0 Å². The number of aromatic nitrogens is 1. The molecular formula is C22H23N3O2. The summed E-state index contributed by atoms with van der Waals surface area (Å²) < 4.78 is 1.89. The lowest BCUT2D eigenvalue weighted by Gasteiger charge is -2.12. The van der Waals surface area contributed by atoms with Crippen molar-refractivity contribution >= 4 is 17.3 Å². The minimum Gasteiger partial charge on any atom is -0.399 e. The number of carbonyl (C=O) groups excluding carboxylic acids is 1. The fraction of sp³-hybridized carbons (Fsp3) is 0.182. The van der Waals surface area contributed by atoms with Crippen molar-refractivity contribution in [3.05, 3.63) is 77.6 Å². The molecule has 2 aromatic carbocycles. The van der Waals surface area contributed by atoms with Crippen LogP contribution in [0.3, 0.4) is 0 Å². The first-order valence-electron chi connectivity index (χ1n) is 8.71. The molecule has 1 amide bonds. The van der Waals surface area contributed by atoms with Crippen LogP contribution in [0.2, 0.25) is 0 Å². The first-order chi connectivity index (χ1) is 13.0. The number of rotatable bonds is 5. The van der Waals surface area contributed by atoms with E-state index in [0.29, 0.717) is 5.56 Å². The Balaban J connectivity index is 1.89. The number of amides is 1. The van der Waals surface area contributed by atoms with Crippen LogP contribution in [0.1, 0.15) is 28.4 Å². The number of carbonyl (C=O) groups is 1. The molecule has 0 unspecified atom stereocenters. The van der Waals surface area contributed by atoms with E-state index in [9.17, 15) is 4.79 Å². The lowest BCUT2D eigenvalue weighted by Crippen LogP contribution is -2.13. The number of aryl methyl sites for hydroxylation is 2. The Kier molecular flexibility index (Phi) is 5.41. The zero-order chi connectivity index (χ0) is 19.4. The predicted molar refractivity (Wildman–Crippen MR) is 109 cm³/mol. The molecule has 3 rings (SSSR count). The fourth-order valence-corrected chi connectivity index (χ4v) is 3.07. The Morgan fingerprint density at radius 2 is 1.78 bits per heavy atom. The minimum atomic E-state index is -0.111. The Hall–Kier alpha value is -3.34. The van der Waals surface area contributed by atoms with Gasteiger partial charge in [0.1, 0.15) is 7.11 Å². The van der Waals surface area contributed by atoms with Crippen LogP contribution in [0, 0.1) is 6.92 Å². The van der Waals surface area contributed by atoms with Gasteiger partial charge in [0.15, 0.2) is 0 Å². The third-order valence-corrected chi connectivity index (χ3v) is 4.42. The van der Waals surface area contributed by atoms with Crippen molar-refractivity contribution in [3.63, 3.8) is 0 Å². The first-order valence-corrected chi connectivity index (χ1v) is 8.71. The summed E-state index contributed by atoms with van der Waals surface area (Å²) in [5.74, 6) is -0.111. The van der Waals surface area contributed by atoms with E-state index in [1.165, 1.54) is 7.11 Å². The third-order valence-electron chi connectivity index (χ3n) is 4.42. The van der Waals surface area contributed by atoms with Crippen molar-refractivity contribution in [1.29, 1.82) is 0 Å². The summed E-state index contributed by atoms with van der Waals surface area (Å²) in [4.78, 5) is 17.5. The number of nitrogens with one attached hydrogen (secondary N) is 1. The summed E-state index contributed by atoms with van der Waals surface area (Å²) in [7, 11) is 3.44. The first kappa shape index (κ1) is 18.5. The van der Waals surface area contributed by atoms with E-state index in [1.54, 1.807) is 0 Å². The second-order valence-electron chi connectivity index (χ2n) is 6.46. The van der Waals surface area contributed by atoms with Gasteiger partial charge in [0.05, 0.1) is 11.3 Å². The maximum absolute atomic E-state index is 12.7. The van der Waals surface area contributed by atoms with Gasteiger partial charge in [0.25, 0.3) is 5.91 Å². The van der Waals surface area contributed by atoms with Crippen molar-refractivity contribution < 1.29 is 9.63 Å². The van der Waals surface area contributed by atoms with E-state index in [1.807, 2.05) is 86.4 Å². The molecule has 27 heavy (non-hydrogen) atoms. The maximum Gasteiger partial charge on any atom is 0.257 e. The smallest absolute Gasteiger partial charge is 0.257 e. The molecule has 1 N–H and O–H groups in total. The largest absolute Gasteiger partial charge is 0.399 e. The van der Waals surface area contributed by atoms with Gasteiger partial charge < -0.3 is 14.7 Å². The summed E-state index contributed by atoms with van der Waals surface area (Å²) >= 11 is 0. The van der Waals surface area contributed by atoms with Crippen molar-refractivity contribution in [1.82, 2.24) is 4.57 Å². The van der Waals surface area contributed by atoms with Crippen molar-refractivity contribution in [2.24, 2.45) is 12.2 Å². The minimum absolute atomic E-state index is 0.111. The standard InChI is InChI=1S/C22H23N3O2/c1-15-13-25(3)14-20(15)22(26)23-21-8-6-5-7-19(21)18-11-9-17(10-12-18)16(2)24-27-4/h5-14H,1-4H3,(H,23,26)/b24-16-. The molecule has 5 nitrogen and oxygen atoms in total. The van der Waals surface area contributed by atoms with E-state index in [0.717, 1.165) is 33.7 Å². The molecule has 0 radical (unpaired) electrons. The third kappa shape index (κ3) is 4.08. The van der Waals surface area contributed by atoms with E-state index in [4.69, 9.17) is 4.84 Å². The summed E-state index contributed by atoms with van der Waals surface area (Å²) in [5.41, 5.74) is 6.18. The molecule has 0 aliphatic rings. The highest BCUT2D eigenvalue weighted by Crippen LogP contribution is 2.29. The van der Waals surface area contributed by atoms with E-state index < -0.39 is 0 Å². The molecule has 0 saturated heterocycles. The van der Waals surface area contributed by atoms with Crippen LogP contribution >= 0.6 is 0 Å². The van der Waals surface area contributed by atoms with Gasteiger partial charge in [-0.1, -0.05) is 47.6 Å². The number of hydrogen-bond donors (Lipinski definition) is 1. The zero-order valence-electron chi connectivity index (χ0n) is 16.0. The molecule has 0 atom stereocenters. The summed E-state index contributed by atoms with van der Waals surface area (Å²) in [5, 5.41) is 7.00. The van der Waals surface area contributed by atoms with Gasteiger partial charge in [-0.2, -0.15) is 0 Å². The van der Waals surface area contributed by atoms with Gasteiger partial charge in [-0.05, 0) is 36.6 Å². The zero-order valence-corrected chi connectivity index (χ0v) is 16.0. The quantitative estimate of drug-likeness (QED) is 0.532. The van der Waals surface area contributed by atoms with E-state index in [2.05, 4.69) is 10.5 Å². The average molecular weight is 361 g/mol. The number of nitrogens with zero attached hydrogens (tertiary/aromatic N) is 2. The molecule has 1 heterocycles. The molecule has 5 heteroatoms. The summed E-state index contributed by atoms with van der Waals surface area (Å²) in [6.07, 6.45) is 3.77. The number of hydrogen-bond acceptors (Lipinski definition) is 3. The Bertz CT molecular complexity index is 985. The SMILES string of the molecule is CO/N=C(/C)c1ccc(-c2ccccc2NC(=O)c2cn(C)cc2C)cc1. The highest BCUT2D eigenvalue weighted by molar-refractivity contribution is 6.07. The van der Waals surface area contributed by atoms with Gasteiger partial charge >= 0.3 is 0 Å². The van der Waals surface area contributed by atoms with Crippen LogP contribution in [0.5, 0.6) is 0 Å². The van der Waals surface area contributed by atoms with Crippen molar-refractivity contribution in [3.8, 4) is 11.1 Å². The van der Waals surface area contributed by atoms with Gasteiger partial charge in [0, 0.05) is 30.7 Å². The van der Waals surface area contributed by atoms with Crippen LogP contribution in [0.4, 0.5) is 5.69 Å². The highest BCUT2D eigenvalue weighted by atomic mass is 16.6. The van der Waals surface area contributed by atoms with E-state index >= 15 is 0 Å². The molecule has 0 spiro atoms. The molecular weight excluding hydrogens is 338 g/mol. The molecule has 0 aliphatic carbocycles. The van der Waals surface area contributed by atoms with Crippen molar-refractivity contribution in [2.45, 2.75) is 13.8 Å². The number of anilines is 1. The molecule has 3 aromatic rings. The molecule has 1 aromatic heterocycles. The summed E-state index contributed by atoms with van der Waals surface area (Å²) in [6.45, 7) is 3.83. The van der Waals surface area contributed by atoms with Crippen LogP contribution in [-0.2, 0) is 11.9 Å². The molecule has 0 saturated carbocycles. The van der Waals surface area contributed by atoms with E-state index in [-0.39, 0.29) is 5.91 Å². The fourth-order valence-electron chi connectivity index (χ4n) is 3.07. The Morgan fingerprint density at radius 1 is 1.07 bits per heavy atom. The van der Waals surface area contributed by atoms with Gasteiger partial charge in [0.2, 0.25) is 0 Å². The molecule has 0 fully saturated rings. The van der Waals surface area contributed by atoms with Crippen LogP contribution < -0.4 is 5.32 Å². The normalized spacial score (nSPS) is 11.3. The topological polar surface area (TPSA) is 55.6 Å². The molecule has 138 valence electrons. The second-order valence-corrected chi connectivity index (χ2v) is 6.46. The number of benzene rings is 2. The average Bonchev–Trinajstić information content (AvgIpc) is 3.01. The van der Waals surface area contributed by atoms with Gasteiger partial charge in [-0.25, -0.2) is 0 Å².